The van der Waals surface area contributed by atoms with Gasteiger partial charge in [0.05, 0.1) is 11.2 Å². The van der Waals surface area contributed by atoms with Gasteiger partial charge in [0.1, 0.15) is 6.54 Å². The summed E-state index contributed by atoms with van der Waals surface area (Å²) in [4.78, 5) is 2.36. The summed E-state index contributed by atoms with van der Waals surface area (Å²) in [6, 6.07) is 17.5. The van der Waals surface area contributed by atoms with Gasteiger partial charge in [-0.2, -0.15) is 13.0 Å². The van der Waals surface area contributed by atoms with Gasteiger partial charge in [0, 0.05) is 47.5 Å². The Balaban J connectivity index is 1.50. The molecule has 5 nitrogen and oxygen atoms in total. The molecule has 0 saturated heterocycles. The molecule has 0 atom stereocenters. The Labute approximate surface area is 290 Å². The molecule has 1 N–H and O–H groups in total. The van der Waals surface area contributed by atoms with Crippen molar-refractivity contribution in [2.75, 3.05) is 23.7 Å². The lowest BCUT2D eigenvalue weighted by Gasteiger charge is -2.28. The summed E-state index contributed by atoms with van der Waals surface area (Å²) in [6.07, 6.45) is 17.6. The summed E-state index contributed by atoms with van der Waals surface area (Å²) >= 11 is 0. The first-order valence-electron chi connectivity index (χ1n) is 18.2. The van der Waals surface area contributed by atoms with Crippen LogP contribution in [-0.4, -0.2) is 42.1 Å². The number of hydrogen-bond donors (Lipinski definition) is 1. The van der Waals surface area contributed by atoms with Crippen LogP contribution in [0.4, 0.5) is 11.4 Å². The second-order valence-corrected chi connectivity index (χ2v) is 16.8. The Hall–Kier alpha value is -3.22. The lowest BCUT2D eigenvalue weighted by atomic mass is 9.79. The molecule has 2 heterocycles. The zero-order valence-electron chi connectivity index (χ0n) is 30.4. The molecule has 0 radical (unpaired) electrons. The third kappa shape index (κ3) is 7.50. The molecule has 1 aliphatic carbocycles. The maximum Gasteiger partial charge on any atom is 0.264 e. The highest BCUT2D eigenvalue weighted by Gasteiger charge is 2.44. The number of fused-ring (bicyclic) bond motifs is 2. The average Bonchev–Trinajstić information content (AvgIpc) is 3.39. The quantitative estimate of drug-likeness (QED) is 0.131. The standard InChI is InChI=1S/C42H56N2O3S/c1-8-9-14-28-43-36-22-12-10-20-34(36)41(4,5)38(43)26-24-32-18-17-19-33(40(32)31(2)3)25-27-39-42(6,7)35-21-11-13-23-37(35)44(39)29-15-16-30-48(45,46)47/h10-13,20-27,31H,8-9,14-19,28-30H2,1-7H3/p+1. The van der Waals surface area contributed by atoms with E-state index in [1.165, 1.54) is 69.9 Å². The number of hydrogen-bond acceptors (Lipinski definition) is 3. The fourth-order valence-corrected chi connectivity index (χ4v) is 8.80. The van der Waals surface area contributed by atoms with Crippen LogP contribution < -0.4 is 4.90 Å². The SMILES string of the molecule is CCCCC[N+]1=C(/C=C/C2=C(C(C)C)C(=C/C=C3/N(CCCCS(=O)(=O)O)c4ccccc4C3(C)C)/CCC2)C(C)(C)c2ccccc21. The monoisotopic (exact) mass is 669 g/mol. The van der Waals surface area contributed by atoms with Crippen LogP contribution in [0.3, 0.4) is 0 Å². The number of para-hydroxylation sites is 2. The van der Waals surface area contributed by atoms with Crippen LogP contribution in [0.5, 0.6) is 0 Å². The minimum atomic E-state index is -3.96. The van der Waals surface area contributed by atoms with Gasteiger partial charge in [-0.3, -0.25) is 4.55 Å². The molecule has 48 heavy (non-hydrogen) atoms. The van der Waals surface area contributed by atoms with Crippen molar-refractivity contribution in [3.63, 3.8) is 0 Å². The number of nitrogens with zero attached hydrogens (tertiary/aromatic N) is 2. The minimum Gasteiger partial charge on any atom is -0.344 e. The Bertz CT molecular complexity index is 1770. The van der Waals surface area contributed by atoms with Gasteiger partial charge in [-0.1, -0.05) is 89.6 Å². The van der Waals surface area contributed by atoms with E-state index in [2.05, 4.69) is 131 Å². The molecule has 0 fully saturated rings. The molecule has 0 spiro atoms. The van der Waals surface area contributed by atoms with Crippen LogP contribution in [0.2, 0.25) is 0 Å². The molecule has 0 bridgehead atoms. The van der Waals surface area contributed by atoms with Crippen molar-refractivity contribution in [1.82, 2.24) is 0 Å². The number of unbranched alkanes of at least 4 members (excludes halogenated alkanes) is 3. The van der Waals surface area contributed by atoms with Crippen molar-refractivity contribution >= 4 is 27.2 Å². The van der Waals surface area contributed by atoms with Crippen LogP contribution in [0.25, 0.3) is 0 Å². The van der Waals surface area contributed by atoms with E-state index in [0.29, 0.717) is 25.3 Å². The second kappa shape index (κ2) is 14.7. The van der Waals surface area contributed by atoms with E-state index in [-0.39, 0.29) is 16.6 Å². The summed E-state index contributed by atoms with van der Waals surface area (Å²) in [6.45, 7) is 18.0. The van der Waals surface area contributed by atoms with E-state index in [1.54, 1.807) is 0 Å². The fourth-order valence-electron chi connectivity index (χ4n) is 8.23. The number of benzene rings is 2. The van der Waals surface area contributed by atoms with Gasteiger partial charge in [0.15, 0.2) is 5.71 Å². The maximum absolute atomic E-state index is 11.4. The van der Waals surface area contributed by atoms with E-state index < -0.39 is 10.1 Å². The van der Waals surface area contributed by atoms with Gasteiger partial charge in [0.25, 0.3) is 10.1 Å². The summed E-state index contributed by atoms with van der Waals surface area (Å²) in [7, 11) is -3.96. The second-order valence-electron chi connectivity index (χ2n) is 15.2. The van der Waals surface area contributed by atoms with E-state index in [4.69, 9.17) is 0 Å². The van der Waals surface area contributed by atoms with Crippen molar-refractivity contribution in [2.24, 2.45) is 5.92 Å². The molecule has 5 rings (SSSR count). The third-order valence-corrected chi connectivity index (χ3v) is 11.5. The first kappa shape index (κ1) is 36.1. The van der Waals surface area contributed by atoms with Gasteiger partial charge in [0.2, 0.25) is 5.69 Å². The highest BCUT2D eigenvalue weighted by molar-refractivity contribution is 7.85. The zero-order valence-corrected chi connectivity index (χ0v) is 31.2. The highest BCUT2D eigenvalue weighted by atomic mass is 32.2. The number of rotatable bonds is 13. The smallest absolute Gasteiger partial charge is 0.264 e. The highest BCUT2D eigenvalue weighted by Crippen LogP contribution is 2.48. The summed E-state index contributed by atoms with van der Waals surface area (Å²) < 4.78 is 34.6. The van der Waals surface area contributed by atoms with Gasteiger partial charge in [-0.15, -0.1) is 0 Å². The predicted molar refractivity (Wildman–Crippen MR) is 202 cm³/mol. The van der Waals surface area contributed by atoms with Crippen LogP contribution in [0.1, 0.15) is 111 Å². The summed E-state index contributed by atoms with van der Waals surface area (Å²) in [5.41, 5.74) is 12.0. The van der Waals surface area contributed by atoms with Gasteiger partial charge in [-0.05, 0) is 92.7 Å². The minimum absolute atomic E-state index is 0.0521. The molecule has 0 amide bonds. The van der Waals surface area contributed by atoms with Crippen molar-refractivity contribution < 1.29 is 17.5 Å². The van der Waals surface area contributed by atoms with Crippen LogP contribution in [0.15, 0.2) is 95.3 Å². The molecule has 0 saturated carbocycles. The first-order chi connectivity index (χ1) is 22.8. The maximum atomic E-state index is 11.4. The summed E-state index contributed by atoms with van der Waals surface area (Å²) in [5, 5.41) is 0. The normalized spacial score (nSPS) is 20.6. The van der Waals surface area contributed by atoms with Crippen LogP contribution >= 0.6 is 0 Å². The van der Waals surface area contributed by atoms with Crippen molar-refractivity contribution in [1.29, 1.82) is 0 Å². The Morgan fingerprint density at radius 2 is 1.58 bits per heavy atom. The molecule has 0 unspecified atom stereocenters. The molecule has 0 aromatic heterocycles. The lowest BCUT2D eigenvalue weighted by molar-refractivity contribution is -0.438. The van der Waals surface area contributed by atoms with Crippen molar-refractivity contribution in [3.8, 4) is 0 Å². The largest absolute Gasteiger partial charge is 0.344 e. The molecule has 2 aromatic carbocycles. The number of anilines is 1. The van der Waals surface area contributed by atoms with Crippen molar-refractivity contribution in [3.05, 3.63) is 106 Å². The molecule has 258 valence electrons. The van der Waals surface area contributed by atoms with Crippen LogP contribution in [0, 0.1) is 5.92 Å². The zero-order chi connectivity index (χ0) is 34.7. The number of allylic oxidation sites excluding steroid dienone is 8. The average molecular weight is 670 g/mol. The molecular formula is C42H57N2O3S+. The third-order valence-electron chi connectivity index (χ3n) is 10.7. The predicted octanol–water partition coefficient (Wildman–Crippen LogP) is 10.2. The van der Waals surface area contributed by atoms with E-state index >= 15 is 0 Å². The van der Waals surface area contributed by atoms with Gasteiger partial charge < -0.3 is 4.90 Å². The van der Waals surface area contributed by atoms with Gasteiger partial charge >= 0.3 is 0 Å². The molecule has 2 aromatic rings. The van der Waals surface area contributed by atoms with Gasteiger partial charge in [-0.25, -0.2) is 0 Å². The van der Waals surface area contributed by atoms with E-state index in [9.17, 15) is 13.0 Å². The van der Waals surface area contributed by atoms with E-state index in [0.717, 1.165) is 25.8 Å². The first-order valence-corrected chi connectivity index (χ1v) is 19.8. The topological polar surface area (TPSA) is 60.6 Å². The molecular weight excluding hydrogens is 613 g/mol. The molecule has 3 aliphatic rings. The lowest BCUT2D eigenvalue weighted by Crippen LogP contribution is -2.28. The van der Waals surface area contributed by atoms with Crippen LogP contribution in [-0.2, 0) is 20.9 Å². The fraction of sp³-hybridized carbons (Fsp3) is 0.500. The summed E-state index contributed by atoms with van der Waals surface area (Å²) in [5.74, 6) is 0.201. The molecule has 2 aliphatic heterocycles. The Kier molecular flexibility index (Phi) is 11.1. The molecule has 6 heteroatoms. The van der Waals surface area contributed by atoms with E-state index in [1.807, 2.05) is 0 Å². The Morgan fingerprint density at radius 3 is 2.29 bits per heavy atom. The van der Waals surface area contributed by atoms with Crippen molar-refractivity contribution in [2.45, 2.75) is 111 Å². The Morgan fingerprint density at radius 1 is 0.875 bits per heavy atom.